The lowest BCUT2D eigenvalue weighted by Gasteiger charge is -2.14. The predicted molar refractivity (Wildman–Crippen MR) is 80.5 cm³/mol. The Balaban J connectivity index is 2.99. The molecule has 0 aliphatic heterocycles. The van der Waals surface area contributed by atoms with Gasteiger partial charge in [0.25, 0.3) is 0 Å². The first-order valence-electron chi connectivity index (χ1n) is 6.80. The highest BCUT2D eigenvalue weighted by Gasteiger charge is 2.21. The van der Waals surface area contributed by atoms with Gasteiger partial charge in [0, 0.05) is 6.92 Å². The number of carbonyl (C=O) groups excluding carboxylic acids is 3. The number of hydrogen-bond donors (Lipinski definition) is 0. The number of esters is 1. The zero-order chi connectivity index (χ0) is 15.8. The molecule has 0 bridgehead atoms. The Morgan fingerprint density at radius 2 is 1.62 bits per heavy atom. The number of Topliss-reactive ketones (excluding diaryl/α,β-unsaturated/α-hetero) is 2. The fourth-order valence-corrected chi connectivity index (χ4v) is 2.02. The number of ketones is 2. The molecular weight excluding hydrogens is 268 g/mol. The van der Waals surface area contributed by atoms with E-state index in [1.165, 1.54) is 20.8 Å². The van der Waals surface area contributed by atoms with Crippen molar-refractivity contribution >= 4 is 23.1 Å². The van der Waals surface area contributed by atoms with Gasteiger partial charge in [-0.2, -0.15) is 0 Å². The molecule has 1 aromatic rings. The molecule has 0 saturated heterocycles. The van der Waals surface area contributed by atoms with E-state index in [-0.39, 0.29) is 24.1 Å². The molecule has 0 amide bonds. The van der Waals surface area contributed by atoms with E-state index in [1.807, 2.05) is 30.3 Å². The average Bonchev–Trinajstić information content (AvgIpc) is 2.42. The van der Waals surface area contributed by atoms with Crippen LogP contribution in [0.3, 0.4) is 0 Å². The minimum absolute atomic E-state index is 0.127. The van der Waals surface area contributed by atoms with Crippen LogP contribution < -0.4 is 0 Å². The summed E-state index contributed by atoms with van der Waals surface area (Å²) in [5.41, 5.74) is 1.74. The van der Waals surface area contributed by atoms with Gasteiger partial charge >= 0.3 is 5.97 Å². The maximum atomic E-state index is 11.6. The van der Waals surface area contributed by atoms with E-state index in [1.54, 1.807) is 6.08 Å². The van der Waals surface area contributed by atoms with E-state index in [0.717, 1.165) is 11.1 Å². The minimum atomic E-state index is -0.659. The number of hydrogen-bond acceptors (Lipinski definition) is 4. The summed E-state index contributed by atoms with van der Waals surface area (Å²) in [6.07, 6.45) is 2.06. The largest absolute Gasteiger partial charge is 0.462 e. The molecule has 0 aliphatic carbocycles. The molecule has 4 nitrogen and oxygen atoms in total. The lowest BCUT2D eigenvalue weighted by molar-refractivity contribution is -0.139. The van der Waals surface area contributed by atoms with Crippen molar-refractivity contribution in [1.82, 2.24) is 0 Å². The van der Waals surface area contributed by atoms with Gasteiger partial charge in [0.1, 0.15) is 18.2 Å². The lowest BCUT2D eigenvalue weighted by Crippen LogP contribution is -2.20. The first-order chi connectivity index (χ1) is 9.91. The summed E-state index contributed by atoms with van der Waals surface area (Å²) < 4.78 is 4.91. The van der Waals surface area contributed by atoms with Crippen LogP contribution in [-0.2, 0) is 19.1 Å². The molecule has 0 atom stereocenters. The molecule has 0 heterocycles. The number of carbonyl (C=O) groups is 3. The Morgan fingerprint density at radius 1 is 1.05 bits per heavy atom. The molecule has 0 aliphatic rings. The van der Waals surface area contributed by atoms with Crippen molar-refractivity contribution in [1.29, 1.82) is 0 Å². The molecule has 0 N–H and O–H groups in total. The monoisotopic (exact) mass is 288 g/mol. The van der Waals surface area contributed by atoms with Crippen molar-refractivity contribution in [3.05, 3.63) is 42.0 Å². The second-order valence-electron chi connectivity index (χ2n) is 4.88. The molecule has 0 unspecified atom stereocenters. The standard InChI is InChI=1S/C17H20O4/c1-12(18)17(13(2)19)11-16(9-10-21-14(3)20)15-7-5-4-6-8-15/h4-9,17H,10-11H2,1-3H3/b16-9+. The number of rotatable bonds is 7. The van der Waals surface area contributed by atoms with Crippen molar-refractivity contribution in [2.24, 2.45) is 5.92 Å². The van der Waals surface area contributed by atoms with Crippen LogP contribution in [-0.4, -0.2) is 24.1 Å². The van der Waals surface area contributed by atoms with Crippen LogP contribution in [0.1, 0.15) is 32.8 Å². The highest BCUT2D eigenvalue weighted by atomic mass is 16.5. The highest BCUT2D eigenvalue weighted by molar-refractivity contribution is 6.01. The molecule has 0 aromatic heterocycles. The van der Waals surface area contributed by atoms with Gasteiger partial charge in [0.05, 0.1) is 5.92 Å². The van der Waals surface area contributed by atoms with Crippen molar-refractivity contribution in [3.8, 4) is 0 Å². The van der Waals surface area contributed by atoms with Gasteiger partial charge in [-0.05, 0) is 37.5 Å². The van der Waals surface area contributed by atoms with Gasteiger partial charge in [-0.25, -0.2) is 0 Å². The Labute approximate surface area is 124 Å². The van der Waals surface area contributed by atoms with Crippen LogP contribution in [0.25, 0.3) is 5.57 Å². The second-order valence-corrected chi connectivity index (χ2v) is 4.88. The predicted octanol–water partition coefficient (Wildman–Crippen LogP) is 2.82. The van der Waals surface area contributed by atoms with Gasteiger partial charge in [-0.3, -0.25) is 14.4 Å². The van der Waals surface area contributed by atoms with Gasteiger partial charge in [0.2, 0.25) is 0 Å². The Bertz CT molecular complexity index is 529. The van der Waals surface area contributed by atoms with E-state index in [4.69, 9.17) is 4.74 Å². The molecule has 0 radical (unpaired) electrons. The fourth-order valence-electron chi connectivity index (χ4n) is 2.02. The van der Waals surface area contributed by atoms with Crippen LogP contribution >= 0.6 is 0 Å². The summed E-state index contributed by atoms with van der Waals surface area (Å²) in [6, 6.07) is 9.45. The average molecular weight is 288 g/mol. The lowest BCUT2D eigenvalue weighted by atomic mass is 9.89. The summed E-state index contributed by atoms with van der Waals surface area (Å²) >= 11 is 0. The van der Waals surface area contributed by atoms with Crippen LogP contribution in [0.2, 0.25) is 0 Å². The van der Waals surface area contributed by atoms with Crippen molar-refractivity contribution in [2.45, 2.75) is 27.2 Å². The van der Waals surface area contributed by atoms with Gasteiger partial charge in [-0.1, -0.05) is 30.3 Å². The third kappa shape index (κ3) is 5.73. The number of benzene rings is 1. The van der Waals surface area contributed by atoms with Crippen LogP contribution in [0.15, 0.2) is 36.4 Å². The van der Waals surface area contributed by atoms with E-state index in [2.05, 4.69) is 0 Å². The van der Waals surface area contributed by atoms with E-state index < -0.39 is 5.92 Å². The molecule has 21 heavy (non-hydrogen) atoms. The molecule has 0 saturated carbocycles. The number of ether oxygens (including phenoxy) is 1. The third-order valence-corrected chi connectivity index (χ3v) is 3.17. The SMILES string of the molecule is CC(=O)OC/C=C(\CC(C(C)=O)C(C)=O)c1ccccc1. The number of allylic oxidation sites excluding steroid dienone is 1. The van der Waals surface area contributed by atoms with Gasteiger partial charge in [-0.15, -0.1) is 0 Å². The molecule has 0 fully saturated rings. The van der Waals surface area contributed by atoms with Crippen molar-refractivity contribution in [3.63, 3.8) is 0 Å². The zero-order valence-electron chi connectivity index (χ0n) is 12.6. The van der Waals surface area contributed by atoms with E-state index in [9.17, 15) is 14.4 Å². The fraction of sp³-hybridized carbons (Fsp3) is 0.353. The first-order valence-corrected chi connectivity index (χ1v) is 6.80. The van der Waals surface area contributed by atoms with Crippen molar-refractivity contribution < 1.29 is 19.1 Å². The summed E-state index contributed by atoms with van der Waals surface area (Å²) in [5, 5.41) is 0. The molecule has 112 valence electrons. The molecule has 4 heteroatoms. The van der Waals surface area contributed by atoms with Crippen LogP contribution in [0, 0.1) is 5.92 Å². The highest BCUT2D eigenvalue weighted by Crippen LogP contribution is 2.24. The Kier molecular flexibility index (Phi) is 6.53. The smallest absolute Gasteiger partial charge is 0.302 e. The molecule has 1 rings (SSSR count). The summed E-state index contributed by atoms with van der Waals surface area (Å²) in [6.45, 7) is 4.30. The second kappa shape index (κ2) is 8.15. The quantitative estimate of drug-likeness (QED) is 0.572. The van der Waals surface area contributed by atoms with Crippen LogP contribution in [0.4, 0.5) is 0 Å². The first kappa shape index (κ1) is 16.8. The maximum absolute atomic E-state index is 11.6. The van der Waals surface area contributed by atoms with E-state index in [0.29, 0.717) is 6.42 Å². The minimum Gasteiger partial charge on any atom is -0.462 e. The Morgan fingerprint density at radius 3 is 2.10 bits per heavy atom. The molecular formula is C17H20O4. The maximum Gasteiger partial charge on any atom is 0.302 e. The molecule has 1 aromatic carbocycles. The zero-order valence-corrected chi connectivity index (χ0v) is 12.6. The Hall–Kier alpha value is -2.23. The van der Waals surface area contributed by atoms with Crippen molar-refractivity contribution in [2.75, 3.05) is 6.61 Å². The summed E-state index contributed by atoms with van der Waals surface area (Å²) in [7, 11) is 0. The van der Waals surface area contributed by atoms with Gasteiger partial charge < -0.3 is 4.74 Å². The van der Waals surface area contributed by atoms with E-state index >= 15 is 0 Å². The summed E-state index contributed by atoms with van der Waals surface area (Å²) in [5.74, 6) is -1.34. The van der Waals surface area contributed by atoms with Gasteiger partial charge in [0.15, 0.2) is 0 Å². The summed E-state index contributed by atoms with van der Waals surface area (Å²) in [4.78, 5) is 34.0. The third-order valence-electron chi connectivity index (χ3n) is 3.17. The van der Waals surface area contributed by atoms with Crippen LogP contribution in [0.5, 0.6) is 0 Å². The topological polar surface area (TPSA) is 60.4 Å². The normalized spacial score (nSPS) is 11.3. The molecule has 0 spiro atoms.